The average molecular weight is 801 g/mol. The van der Waals surface area contributed by atoms with Crippen LogP contribution in [0.1, 0.15) is 22.3 Å². The largest absolute Gasteiger partial charge is 0.309 e. The Bertz CT molecular complexity index is 3570. The van der Waals surface area contributed by atoms with Crippen molar-refractivity contribution in [3.8, 4) is 50.2 Å². The zero-order valence-corrected chi connectivity index (χ0v) is 34.5. The zero-order chi connectivity index (χ0) is 41.5. The Balaban J connectivity index is 1.16. The first-order valence-electron chi connectivity index (χ1n) is 21.9. The maximum atomic E-state index is 2.56. The summed E-state index contributed by atoms with van der Waals surface area (Å²) >= 11 is 0. The van der Waals surface area contributed by atoms with E-state index in [1.165, 1.54) is 83.1 Å². The fourth-order valence-corrected chi connectivity index (χ4v) is 11.1. The van der Waals surface area contributed by atoms with Crippen molar-refractivity contribution in [3.63, 3.8) is 0 Å². The van der Waals surface area contributed by atoms with Gasteiger partial charge in [0.05, 0.1) is 39.2 Å². The van der Waals surface area contributed by atoms with Gasteiger partial charge in [-0.2, -0.15) is 0 Å². The van der Waals surface area contributed by atoms with Gasteiger partial charge in [-0.1, -0.05) is 206 Å². The van der Waals surface area contributed by atoms with Crippen LogP contribution in [0.5, 0.6) is 0 Å². The Morgan fingerprint density at radius 2 is 0.857 bits per heavy atom. The number of nitrogens with zero attached hydrogens (tertiary/aromatic N) is 2. The molecule has 0 N–H and O–H groups in total. The molecule has 0 fully saturated rings. The van der Waals surface area contributed by atoms with E-state index in [9.17, 15) is 0 Å². The van der Waals surface area contributed by atoms with E-state index in [0.29, 0.717) is 0 Å². The lowest BCUT2D eigenvalue weighted by Gasteiger charge is -2.39. The number of rotatable bonds is 6. The molecular weight excluding hydrogens is 761 g/mol. The standard InChI is InChI=1S/C61H40N2/c1-4-20-41(21-5-1)44-38-39-56(49(40-44)43-24-8-3-9-25-43)62(54-34-15-11-26-45(54)42-22-6-2-7-23-42)58-37-19-32-52-59(58)48-28-10-13-30-50(48)61(52)51-31-14-17-36-57(51)63-55-35-16-12-27-46(55)47-29-18-33-53(61)60(47)63/h1-40H. The average Bonchev–Trinajstić information content (AvgIpc) is 3.86. The SMILES string of the molecule is c1ccc(-c2ccc(N(c3ccccc3-c3ccccc3)c3cccc4c3-c3ccccc3C43c4ccccc4-n4c5ccccc5c5cccc3c54)c(-c3ccccc3)c2)cc1. The maximum Gasteiger partial charge on any atom is 0.0755 e. The molecule has 1 spiro atoms. The first-order chi connectivity index (χ1) is 31.3. The van der Waals surface area contributed by atoms with Crippen molar-refractivity contribution < 1.29 is 0 Å². The van der Waals surface area contributed by atoms with Gasteiger partial charge in [-0.15, -0.1) is 0 Å². The molecule has 13 rings (SSSR count). The molecule has 2 aliphatic rings. The number of fused-ring (bicyclic) bond motifs is 12. The highest BCUT2D eigenvalue weighted by Gasteiger charge is 2.51. The third-order valence-corrected chi connectivity index (χ3v) is 13.6. The lowest BCUT2D eigenvalue weighted by Crippen LogP contribution is -2.33. The minimum Gasteiger partial charge on any atom is -0.309 e. The van der Waals surface area contributed by atoms with Crippen molar-refractivity contribution in [2.45, 2.75) is 5.41 Å². The quantitative estimate of drug-likeness (QED) is 0.163. The third-order valence-electron chi connectivity index (χ3n) is 13.6. The molecule has 63 heavy (non-hydrogen) atoms. The van der Waals surface area contributed by atoms with Crippen molar-refractivity contribution in [1.29, 1.82) is 0 Å². The van der Waals surface area contributed by atoms with Crippen LogP contribution in [0.15, 0.2) is 243 Å². The van der Waals surface area contributed by atoms with Crippen LogP contribution in [0.25, 0.3) is 72.0 Å². The third kappa shape index (κ3) is 5.07. The molecule has 11 aromatic rings. The fourth-order valence-electron chi connectivity index (χ4n) is 11.1. The van der Waals surface area contributed by atoms with Gasteiger partial charge in [-0.3, -0.25) is 0 Å². The summed E-state index contributed by atoms with van der Waals surface area (Å²) < 4.78 is 2.52. The number of hydrogen-bond acceptors (Lipinski definition) is 1. The zero-order valence-electron chi connectivity index (χ0n) is 34.5. The minimum absolute atomic E-state index is 0.577. The van der Waals surface area contributed by atoms with Crippen LogP contribution in [0.4, 0.5) is 17.1 Å². The molecule has 0 radical (unpaired) electrons. The second-order valence-corrected chi connectivity index (χ2v) is 16.7. The molecular formula is C61H40N2. The van der Waals surface area contributed by atoms with E-state index in [-0.39, 0.29) is 0 Å². The molecule has 2 nitrogen and oxygen atoms in total. The van der Waals surface area contributed by atoms with Gasteiger partial charge in [-0.25, -0.2) is 0 Å². The first kappa shape index (κ1) is 35.5. The Hall–Kier alpha value is -8.20. The van der Waals surface area contributed by atoms with Gasteiger partial charge in [0.15, 0.2) is 0 Å². The van der Waals surface area contributed by atoms with Crippen LogP contribution >= 0.6 is 0 Å². The molecule has 10 aromatic carbocycles. The van der Waals surface area contributed by atoms with E-state index < -0.39 is 5.41 Å². The van der Waals surface area contributed by atoms with Crippen LogP contribution < -0.4 is 4.90 Å². The van der Waals surface area contributed by atoms with Crippen molar-refractivity contribution in [3.05, 3.63) is 265 Å². The molecule has 1 aliphatic carbocycles. The highest BCUT2D eigenvalue weighted by atomic mass is 15.2. The van der Waals surface area contributed by atoms with Crippen molar-refractivity contribution in [2.24, 2.45) is 0 Å². The molecule has 2 heteroatoms. The summed E-state index contributed by atoms with van der Waals surface area (Å²) in [7, 11) is 0. The fraction of sp³-hybridized carbons (Fsp3) is 0.0164. The summed E-state index contributed by atoms with van der Waals surface area (Å²) in [4.78, 5) is 2.56. The number of para-hydroxylation sites is 4. The topological polar surface area (TPSA) is 8.17 Å². The van der Waals surface area contributed by atoms with E-state index in [4.69, 9.17) is 0 Å². The van der Waals surface area contributed by atoms with Crippen LogP contribution in [-0.4, -0.2) is 4.57 Å². The molecule has 0 saturated heterocycles. The first-order valence-corrected chi connectivity index (χ1v) is 21.9. The van der Waals surface area contributed by atoms with Gasteiger partial charge in [-0.05, 0) is 86.5 Å². The summed E-state index contributed by atoms with van der Waals surface area (Å²) in [6, 6.07) is 89.7. The Morgan fingerprint density at radius 3 is 1.65 bits per heavy atom. The maximum absolute atomic E-state index is 2.56. The predicted octanol–water partition coefficient (Wildman–Crippen LogP) is 15.9. The van der Waals surface area contributed by atoms with Crippen LogP contribution in [0.3, 0.4) is 0 Å². The number of hydrogen-bond donors (Lipinski definition) is 0. The van der Waals surface area contributed by atoms with Gasteiger partial charge in [0.25, 0.3) is 0 Å². The minimum atomic E-state index is -0.577. The van der Waals surface area contributed by atoms with E-state index >= 15 is 0 Å². The molecule has 1 unspecified atom stereocenters. The van der Waals surface area contributed by atoms with Gasteiger partial charge in [0.1, 0.15) is 0 Å². The van der Waals surface area contributed by atoms with Gasteiger partial charge >= 0.3 is 0 Å². The molecule has 294 valence electrons. The molecule has 1 atom stereocenters. The number of anilines is 3. The summed E-state index contributed by atoms with van der Waals surface area (Å²) in [6.07, 6.45) is 0. The number of aromatic nitrogens is 1. The summed E-state index contributed by atoms with van der Waals surface area (Å²) in [5.41, 5.74) is 21.3. The summed E-state index contributed by atoms with van der Waals surface area (Å²) in [6.45, 7) is 0. The normalized spacial score (nSPS) is 14.4. The smallest absolute Gasteiger partial charge is 0.0755 e. The summed E-state index contributed by atoms with van der Waals surface area (Å²) in [5, 5.41) is 2.56. The van der Waals surface area contributed by atoms with E-state index in [0.717, 1.165) is 28.2 Å². The molecule has 0 bridgehead atoms. The molecule has 2 heterocycles. The van der Waals surface area contributed by atoms with Crippen LogP contribution in [0, 0.1) is 0 Å². The van der Waals surface area contributed by atoms with Gasteiger partial charge < -0.3 is 9.47 Å². The Morgan fingerprint density at radius 1 is 0.317 bits per heavy atom. The molecule has 1 aromatic heterocycles. The monoisotopic (exact) mass is 800 g/mol. The highest BCUT2D eigenvalue weighted by molar-refractivity contribution is 6.13. The molecule has 0 saturated carbocycles. The lowest BCUT2D eigenvalue weighted by atomic mass is 9.65. The highest BCUT2D eigenvalue weighted by Crippen LogP contribution is 2.63. The lowest BCUT2D eigenvalue weighted by molar-refractivity contribution is 0.748. The summed E-state index contributed by atoms with van der Waals surface area (Å²) in [5.74, 6) is 0. The molecule has 0 amide bonds. The van der Waals surface area contributed by atoms with Crippen molar-refractivity contribution in [2.75, 3.05) is 4.90 Å². The van der Waals surface area contributed by atoms with Crippen LogP contribution in [0.2, 0.25) is 0 Å². The Labute approximate surface area is 367 Å². The van der Waals surface area contributed by atoms with E-state index in [2.05, 4.69) is 252 Å². The van der Waals surface area contributed by atoms with Crippen molar-refractivity contribution in [1.82, 2.24) is 4.57 Å². The predicted molar refractivity (Wildman–Crippen MR) is 263 cm³/mol. The van der Waals surface area contributed by atoms with Crippen LogP contribution in [-0.2, 0) is 5.41 Å². The van der Waals surface area contributed by atoms with Crippen molar-refractivity contribution >= 4 is 38.9 Å². The second kappa shape index (κ2) is 13.9. The van der Waals surface area contributed by atoms with E-state index in [1.807, 2.05) is 0 Å². The second-order valence-electron chi connectivity index (χ2n) is 16.7. The van der Waals surface area contributed by atoms with Gasteiger partial charge in [0, 0.05) is 27.5 Å². The van der Waals surface area contributed by atoms with E-state index in [1.54, 1.807) is 0 Å². The van der Waals surface area contributed by atoms with Gasteiger partial charge in [0.2, 0.25) is 0 Å². The number of benzene rings is 10. The molecule has 1 aliphatic heterocycles. The Kier molecular flexibility index (Phi) is 7.85.